The number of para-hydroxylation sites is 1. The number of aryl methyl sites for hydroxylation is 1. The minimum Gasteiger partial charge on any atom is -0.464 e. The van der Waals surface area contributed by atoms with Gasteiger partial charge in [0.05, 0.1) is 24.5 Å². The number of carbonyl (C=O) groups excluding carboxylic acids is 2. The van der Waals surface area contributed by atoms with E-state index in [-0.39, 0.29) is 16.3 Å². The Kier molecular flexibility index (Phi) is 8.19. The second-order valence-electron chi connectivity index (χ2n) is 7.45. The van der Waals surface area contributed by atoms with Gasteiger partial charge < -0.3 is 9.47 Å². The summed E-state index contributed by atoms with van der Waals surface area (Å²) in [6.07, 6.45) is 1.54. The van der Waals surface area contributed by atoms with E-state index < -0.39 is 28.1 Å². The number of anilines is 1. The number of nitrogens with one attached hydrogen (secondary N) is 1. The van der Waals surface area contributed by atoms with Gasteiger partial charge in [-0.1, -0.05) is 42.8 Å². The normalized spacial score (nSPS) is 11.9. The molecule has 2 aromatic carbocycles. The van der Waals surface area contributed by atoms with Crippen LogP contribution in [0.2, 0.25) is 0 Å². The minimum atomic E-state index is -4.04. The molecule has 3 aromatic rings. The van der Waals surface area contributed by atoms with Crippen LogP contribution in [0.25, 0.3) is 10.9 Å². The van der Waals surface area contributed by atoms with Crippen molar-refractivity contribution >= 4 is 44.8 Å². The predicted molar refractivity (Wildman–Crippen MR) is 136 cm³/mol. The average molecular weight is 506 g/mol. The number of carbonyl (C=O) groups is 2. The van der Waals surface area contributed by atoms with Crippen LogP contribution in [0, 0.1) is 18.8 Å². The van der Waals surface area contributed by atoms with E-state index in [0.29, 0.717) is 22.0 Å². The van der Waals surface area contributed by atoms with Crippen LogP contribution >= 0.6 is 0 Å². The maximum absolute atomic E-state index is 13.4. The van der Waals surface area contributed by atoms with Gasteiger partial charge in [-0.2, -0.15) is 0 Å². The summed E-state index contributed by atoms with van der Waals surface area (Å²) in [6, 6.07) is 13.5. The molecular weight excluding hydrogens is 482 g/mol. The molecule has 184 valence electrons. The molecule has 0 spiro atoms. The zero-order chi connectivity index (χ0) is 26.3. The Bertz CT molecular complexity index is 1530. The number of nitrogens with zero attached hydrogens (tertiary/aromatic N) is 2. The molecule has 0 amide bonds. The van der Waals surface area contributed by atoms with Crippen LogP contribution in [-0.2, 0) is 29.1 Å². The van der Waals surface area contributed by atoms with E-state index in [1.54, 1.807) is 49.4 Å². The maximum Gasteiger partial charge on any atom is 0.356 e. The number of aliphatic imine (C=N–C) groups is 1. The summed E-state index contributed by atoms with van der Waals surface area (Å²) < 4.78 is 39.0. The van der Waals surface area contributed by atoms with E-state index in [1.165, 1.54) is 20.2 Å². The Labute approximate surface area is 208 Å². The molecular formula is C26H23N3O6S. The first-order valence-electron chi connectivity index (χ1n) is 10.6. The van der Waals surface area contributed by atoms with Crippen molar-refractivity contribution in [2.45, 2.75) is 24.8 Å². The molecule has 1 atom stereocenters. The predicted octanol–water partition coefficient (Wildman–Crippen LogP) is 3.38. The van der Waals surface area contributed by atoms with Crippen molar-refractivity contribution in [3.63, 3.8) is 0 Å². The lowest BCUT2D eigenvalue weighted by atomic mass is 10.1. The molecule has 0 aliphatic carbocycles. The van der Waals surface area contributed by atoms with Crippen LogP contribution in [0.5, 0.6) is 0 Å². The van der Waals surface area contributed by atoms with Crippen LogP contribution in [0.4, 0.5) is 5.69 Å². The van der Waals surface area contributed by atoms with Crippen LogP contribution < -0.4 is 4.72 Å². The Morgan fingerprint density at radius 2 is 1.92 bits per heavy atom. The number of methoxy groups -OCH3 is 1. The van der Waals surface area contributed by atoms with E-state index in [0.717, 1.165) is 6.21 Å². The number of aromatic nitrogens is 1. The van der Waals surface area contributed by atoms with E-state index in [9.17, 15) is 18.0 Å². The number of hydrogen-bond donors (Lipinski definition) is 1. The van der Waals surface area contributed by atoms with Gasteiger partial charge >= 0.3 is 11.9 Å². The first-order chi connectivity index (χ1) is 17.1. The number of pyridine rings is 1. The third-order valence-electron chi connectivity index (χ3n) is 4.79. The fraction of sp³-hybridized carbons (Fsp3) is 0.154. The smallest absolute Gasteiger partial charge is 0.356 e. The maximum atomic E-state index is 13.4. The molecule has 0 radical (unpaired) electrons. The first-order valence-corrected chi connectivity index (χ1v) is 12.1. The van der Waals surface area contributed by atoms with Crippen LogP contribution in [0.1, 0.15) is 18.1 Å². The summed E-state index contributed by atoms with van der Waals surface area (Å²) in [5.41, 5.74) is 1.22. The highest BCUT2D eigenvalue weighted by atomic mass is 32.2. The SMILES string of the molecule is C=C(/N=C\C(C#Cc1ccccc1NS(=O)(=O)c1c(C)ccc2cccnc12)OC(C)=O)C(=O)OC. The van der Waals surface area contributed by atoms with Gasteiger partial charge in [0.15, 0.2) is 6.10 Å². The van der Waals surface area contributed by atoms with Gasteiger partial charge in [0.2, 0.25) is 0 Å². The van der Waals surface area contributed by atoms with Crippen molar-refractivity contribution in [3.05, 3.63) is 78.1 Å². The highest BCUT2D eigenvalue weighted by Crippen LogP contribution is 2.27. The van der Waals surface area contributed by atoms with Crippen molar-refractivity contribution in [2.75, 3.05) is 11.8 Å². The molecule has 0 aliphatic rings. The lowest BCUT2D eigenvalue weighted by molar-refractivity contribution is -0.141. The highest BCUT2D eigenvalue weighted by Gasteiger charge is 2.22. The third-order valence-corrected chi connectivity index (χ3v) is 6.34. The lowest BCUT2D eigenvalue weighted by Gasteiger charge is -2.13. The van der Waals surface area contributed by atoms with E-state index >= 15 is 0 Å². The van der Waals surface area contributed by atoms with Crippen molar-refractivity contribution in [1.82, 2.24) is 4.98 Å². The van der Waals surface area contributed by atoms with Crippen molar-refractivity contribution in [2.24, 2.45) is 4.99 Å². The average Bonchev–Trinajstić information content (AvgIpc) is 2.84. The number of hydrogen-bond acceptors (Lipinski definition) is 8. The summed E-state index contributed by atoms with van der Waals surface area (Å²) in [7, 11) is -2.86. The number of sulfonamides is 1. The van der Waals surface area contributed by atoms with Crippen LogP contribution in [0.15, 0.2) is 76.9 Å². The van der Waals surface area contributed by atoms with Crippen LogP contribution in [0.3, 0.4) is 0 Å². The highest BCUT2D eigenvalue weighted by molar-refractivity contribution is 7.93. The van der Waals surface area contributed by atoms with Gasteiger partial charge in [-0.15, -0.1) is 0 Å². The van der Waals surface area contributed by atoms with Crippen LogP contribution in [-0.4, -0.2) is 44.8 Å². The summed E-state index contributed by atoms with van der Waals surface area (Å²) >= 11 is 0. The summed E-state index contributed by atoms with van der Waals surface area (Å²) in [5.74, 6) is 4.13. The van der Waals surface area contributed by atoms with Gasteiger partial charge in [-0.05, 0) is 36.6 Å². The number of fused-ring (bicyclic) bond motifs is 1. The largest absolute Gasteiger partial charge is 0.464 e. The van der Waals surface area contributed by atoms with Gasteiger partial charge in [-0.25, -0.2) is 18.2 Å². The fourth-order valence-electron chi connectivity index (χ4n) is 3.19. The Hall–Kier alpha value is -4.49. The molecule has 0 bridgehead atoms. The van der Waals surface area contributed by atoms with Gasteiger partial charge in [0.25, 0.3) is 10.0 Å². The van der Waals surface area contributed by atoms with Crippen molar-refractivity contribution in [3.8, 4) is 11.8 Å². The van der Waals surface area contributed by atoms with Crippen molar-refractivity contribution < 1.29 is 27.5 Å². The van der Waals surface area contributed by atoms with Gasteiger partial charge in [-0.3, -0.25) is 14.5 Å². The standard InChI is InChI=1S/C26H23N3O6S/c1-17-11-12-21-9-7-15-27-24(21)25(17)36(32,33)29-23-10-6-5-8-20(23)13-14-22(35-19(3)30)16-28-18(2)26(31)34-4/h5-12,15-16,22,29H,2H2,1,3-4H3/b28-16-. The molecule has 1 unspecified atom stereocenters. The molecule has 10 heteroatoms. The zero-order valence-corrected chi connectivity index (χ0v) is 20.6. The van der Waals surface area contributed by atoms with Gasteiger partial charge in [0, 0.05) is 24.1 Å². The molecule has 0 saturated heterocycles. The number of rotatable bonds is 7. The zero-order valence-electron chi connectivity index (χ0n) is 19.8. The lowest BCUT2D eigenvalue weighted by Crippen LogP contribution is -2.17. The fourth-order valence-corrected chi connectivity index (χ4v) is 4.67. The Morgan fingerprint density at radius 3 is 2.64 bits per heavy atom. The van der Waals surface area contributed by atoms with Crippen molar-refractivity contribution in [1.29, 1.82) is 0 Å². The number of ether oxygens (including phenoxy) is 2. The Balaban J connectivity index is 1.96. The monoisotopic (exact) mass is 505 g/mol. The summed E-state index contributed by atoms with van der Waals surface area (Å²) in [5, 5.41) is 0.689. The number of benzene rings is 2. The van der Waals surface area contributed by atoms with E-state index in [1.807, 2.05) is 6.07 Å². The molecule has 0 saturated carbocycles. The molecule has 1 heterocycles. The molecule has 1 N–H and O–H groups in total. The molecule has 1 aromatic heterocycles. The topological polar surface area (TPSA) is 124 Å². The first kappa shape index (κ1) is 26.1. The molecule has 0 aliphatic heterocycles. The summed E-state index contributed by atoms with van der Waals surface area (Å²) in [6.45, 7) is 6.35. The van der Waals surface area contributed by atoms with E-state index in [2.05, 4.69) is 37.9 Å². The number of esters is 2. The second-order valence-corrected chi connectivity index (χ2v) is 9.07. The third kappa shape index (κ3) is 6.34. The second kappa shape index (κ2) is 11.3. The molecule has 3 rings (SSSR count). The van der Waals surface area contributed by atoms with Gasteiger partial charge in [0.1, 0.15) is 10.6 Å². The molecule has 9 nitrogen and oxygen atoms in total. The van der Waals surface area contributed by atoms with E-state index in [4.69, 9.17) is 4.74 Å². The molecule has 36 heavy (non-hydrogen) atoms. The quantitative estimate of drug-likeness (QED) is 0.226. The Morgan fingerprint density at radius 1 is 1.17 bits per heavy atom. The summed E-state index contributed by atoms with van der Waals surface area (Å²) in [4.78, 5) is 31.1. The molecule has 0 fully saturated rings. The minimum absolute atomic E-state index is 0.0645.